The number of thioether (sulfide) groups is 1. The molecule has 0 saturated carbocycles. The van der Waals surface area contributed by atoms with Gasteiger partial charge in [-0.3, -0.25) is 4.79 Å². The van der Waals surface area contributed by atoms with E-state index in [4.69, 9.17) is 4.74 Å². The molecule has 0 aliphatic carbocycles. The monoisotopic (exact) mass is 418 g/mol. The van der Waals surface area contributed by atoms with Crippen molar-refractivity contribution in [1.82, 2.24) is 5.32 Å². The van der Waals surface area contributed by atoms with E-state index in [0.29, 0.717) is 15.8 Å². The number of carbonyl (C=O) groups excluding carboxylic acids is 1. The molecule has 1 heterocycles. The molecular formula is C24H19FN2O2S. The van der Waals surface area contributed by atoms with E-state index in [-0.39, 0.29) is 18.3 Å². The topological polar surface area (TPSA) is 50.7 Å². The van der Waals surface area contributed by atoms with Crippen LogP contribution in [0, 0.1) is 12.7 Å². The molecule has 30 heavy (non-hydrogen) atoms. The average Bonchev–Trinajstić information content (AvgIpc) is 3.08. The first-order valence-electron chi connectivity index (χ1n) is 9.39. The Labute approximate surface area is 178 Å². The van der Waals surface area contributed by atoms with Crippen LogP contribution >= 0.6 is 11.8 Å². The van der Waals surface area contributed by atoms with Crippen LogP contribution in [0.3, 0.4) is 0 Å². The first-order chi connectivity index (χ1) is 14.5. The maximum atomic E-state index is 13.2. The van der Waals surface area contributed by atoms with Crippen molar-refractivity contribution >= 4 is 34.6 Å². The van der Waals surface area contributed by atoms with E-state index < -0.39 is 0 Å². The Morgan fingerprint density at radius 1 is 1.07 bits per heavy atom. The fourth-order valence-corrected chi connectivity index (χ4v) is 3.66. The number of amides is 1. The molecule has 1 saturated heterocycles. The third-order valence-corrected chi connectivity index (χ3v) is 5.30. The fraction of sp³-hybridized carbons (Fsp3) is 0.0833. The van der Waals surface area contributed by atoms with Crippen LogP contribution in [-0.4, -0.2) is 11.1 Å². The van der Waals surface area contributed by atoms with Crippen molar-refractivity contribution in [2.24, 2.45) is 4.99 Å². The summed E-state index contributed by atoms with van der Waals surface area (Å²) in [6.45, 7) is 2.30. The predicted molar refractivity (Wildman–Crippen MR) is 119 cm³/mol. The van der Waals surface area contributed by atoms with E-state index in [2.05, 4.69) is 10.3 Å². The highest BCUT2D eigenvalue weighted by atomic mass is 32.2. The number of nitrogens with one attached hydrogen (secondary N) is 1. The molecule has 4 rings (SSSR count). The minimum atomic E-state index is -0.282. The average molecular weight is 418 g/mol. The van der Waals surface area contributed by atoms with E-state index in [0.717, 1.165) is 22.4 Å². The number of hydrogen-bond donors (Lipinski definition) is 1. The van der Waals surface area contributed by atoms with Crippen molar-refractivity contribution in [3.8, 4) is 5.75 Å². The largest absolute Gasteiger partial charge is 0.489 e. The van der Waals surface area contributed by atoms with E-state index in [9.17, 15) is 9.18 Å². The molecule has 0 spiro atoms. The molecule has 1 aliphatic rings. The summed E-state index contributed by atoms with van der Waals surface area (Å²) in [4.78, 5) is 17.3. The molecule has 0 radical (unpaired) electrons. The lowest BCUT2D eigenvalue weighted by molar-refractivity contribution is -0.115. The number of carbonyl (C=O) groups is 1. The molecular weight excluding hydrogens is 399 g/mol. The Hall–Kier alpha value is -3.38. The Bertz CT molecular complexity index is 1120. The second kappa shape index (κ2) is 8.97. The van der Waals surface area contributed by atoms with Gasteiger partial charge in [-0.05, 0) is 72.3 Å². The van der Waals surface area contributed by atoms with Crippen LogP contribution < -0.4 is 10.1 Å². The van der Waals surface area contributed by atoms with Crippen molar-refractivity contribution in [1.29, 1.82) is 0 Å². The standard InChI is InChI=1S/C24H19FN2O2S/c1-16-5-9-20(10-6-16)26-24-27-23(28)22(30-24)14-17-7-11-21(12-8-17)29-15-18-3-2-4-19(25)13-18/h2-14H,15H2,1H3,(H,26,27,28)/b22-14-. The number of ether oxygens (including phenoxy) is 1. The van der Waals surface area contributed by atoms with Crippen molar-refractivity contribution in [2.75, 3.05) is 0 Å². The number of aliphatic imine (C=N–C) groups is 1. The number of rotatable bonds is 5. The number of benzene rings is 3. The summed E-state index contributed by atoms with van der Waals surface area (Å²) in [5.41, 5.74) is 3.60. The molecule has 6 heteroatoms. The summed E-state index contributed by atoms with van der Waals surface area (Å²) in [6.07, 6.45) is 1.81. The van der Waals surface area contributed by atoms with Crippen LogP contribution in [0.1, 0.15) is 16.7 Å². The van der Waals surface area contributed by atoms with E-state index >= 15 is 0 Å². The zero-order valence-electron chi connectivity index (χ0n) is 16.3. The minimum absolute atomic E-state index is 0.169. The summed E-state index contributed by atoms with van der Waals surface area (Å²) in [5, 5.41) is 3.35. The van der Waals surface area contributed by atoms with E-state index in [1.165, 1.54) is 23.9 Å². The van der Waals surface area contributed by atoms with Crippen LogP contribution in [0.25, 0.3) is 6.08 Å². The van der Waals surface area contributed by atoms with Gasteiger partial charge in [0.15, 0.2) is 5.17 Å². The number of aryl methyl sites for hydroxylation is 1. The van der Waals surface area contributed by atoms with Crippen molar-refractivity contribution in [3.05, 3.63) is 100 Å². The highest BCUT2D eigenvalue weighted by Crippen LogP contribution is 2.28. The van der Waals surface area contributed by atoms with Crippen LogP contribution in [0.5, 0.6) is 5.75 Å². The maximum Gasteiger partial charge on any atom is 0.264 e. The molecule has 0 atom stereocenters. The quantitative estimate of drug-likeness (QED) is 0.549. The Morgan fingerprint density at radius 2 is 1.83 bits per heavy atom. The van der Waals surface area contributed by atoms with Crippen molar-refractivity contribution in [2.45, 2.75) is 13.5 Å². The molecule has 150 valence electrons. The van der Waals surface area contributed by atoms with Gasteiger partial charge in [0.05, 0.1) is 10.6 Å². The Balaban J connectivity index is 1.40. The molecule has 3 aromatic carbocycles. The van der Waals surface area contributed by atoms with E-state index in [1.807, 2.05) is 67.6 Å². The van der Waals surface area contributed by atoms with Gasteiger partial charge < -0.3 is 10.1 Å². The summed E-state index contributed by atoms with van der Waals surface area (Å²) in [6, 6.07) is 21.5. The second-order valence-electron chi connectivity index (χ2n) is 6.80. The molecule has 0 aromatic heterocycles. The molecule has 3 aromatic rings. The normalized spacial score (nSPS) is 16.1. The first kappa shape index (κ1) is 19.9. The van der Waals surface area contributed by atoms with Crippen LogP contribution in [-0.2, 0) is 11.4 Å². The number of amidine groups is 1. The lowest BCUT2D eigenvalue weighted by atomic mass is 10.2. The van der Waals surface area contributed by atoms with Crippen LogP contribution in [0.4, 0.5) is 10.1 Å². The molecule has 0 bridgehead atoms. The third-order valence-electron chi connectivity index (χ3n) is 4.39. The van der Waals surface area contributed by atoms with Gasteiger partial charge in [0.25, 0.3) is 5.91 Å². The Kier molecular flexibility index (Phi) is 5.95. The van der Waals surface area contributed by atoms with Gasteiger partial charge >= 0.3 is 0 Å². The van der Waals surface area contributed by atoms with E-state index in [1.54, 1.807) is 6.07 Å². The van der Waals surface area contributed by atoms with Crippen LogP contribution in [0.2, 0.25) is 0 Å². The number of nitrogens with zero attached hydrogens (tertiary/aromatic N) is 1. The van der Waals surface area contributed by atoms with Gasteiger partial charge in [0, 0.05) is 0 Å². The molecule has 1 amide bonds. The second-order valence-corrected chi connectivity index (χ2v) is 7.84. The number of hydrogen-bond acceptors (Lipinski definition) is 4. The smallest absolute Gasteiger partial charge is 0.264 e. The fourth-order valence-electron chi connectivity index (χ4n) is 2.82. The lowest BCUT2D eigenvalue weighted by Crippen LogP contribution is -2.19. The highest BCUT2D eigenvalue weighted by Gasteiger charge is 2.23. The molecule has 0 unspecified atom stereocenters. The van der Waals surface area contributed by atoms with Crippen LogP contribution in [0.15, 0.2) is 82.7 Å². The molecule has 1 aliphatic heterocycles. The van der Waals surface area contributed by atoms with Gasteiger partial charge in [0.2, 0.25) is 0 Å². The lowest BCUT2D eigenvalue weighted by Gasteiger charge is -2.06. The minimum Gasteiger partial charge on any atom is -0.489 e. The van der Waals surface area contributed by atoms with Gasteiger partial charge in [-0.1, -0.05) is 42.0 Å². The third kappa shape index (κ3) is 5.15. The SMILES string of the molecule is Cc1ccc(N=C2NC(=O)/C(=C/c3ccc(OCc4cccc(F)c4)cc3)S2)cc1. The van der Waals surface area contributed by atoms with Gasteiger partial charge in [-0.2, -0.15) is 0 Å². The molecule has 1 fully saturated rings. The van der Waals surface area contributed by atoms with Gasteiger partial charge in [-0.25, -0.2) is 9.38 Å². The highest BCUT2D eigenvalue weighted by molar-refractivity contribution is 8.18. The van der Waals surface area contributed by atoms with Crippen molar-refractivity contribution in [3.63, 3.8) is 0 Å². The maximum absolute atomic E-state index is 13.2. The van der Waals surface area contributed by atoms with Gasteiger partial charge in [0.1, 0.15) is 18.2 Å². The van der Waals surface area contributed by atoms with Gasteiger partial charge in [-0.15, -0.1) is 0 Å². The summed E-state index contributed by atoms with van der Waals surface area (Å²) in [5.74, 6) is 0.222. The summed E-state index contributed by atoms with van der Waals surface area (Å²) in [7, 11) is 0. The zero-order chi connectivity index (χ0) is 20.9. The summed E-state index contributed by atoms with van der Waals surface area (Å²) < 4.78 is 18.9. The summed E-state index contributed by atoms with van der Waals surface area (Å²) >= 11 is 1.31. The molecule has 1 N–H and O–H groups in total. The zero-order valence-corrected chi connectivity index (χ0v) is 17.1. The first-order valence-corrected chi connectivity index (χ1v) is 10.2. The molecule has 4 nitrogen and oxygen atoms in total. The van der Waals surface area contributed by atoms with Crippen molar-refractivity contribution < 1.29 is 13.9 Å². The predicted octanol–water partition coefficient (Wildman–Crippen LogP) is 5.60. The number of halogens is 1. The Morgan fingerprint density at radius 3 is 2.57 bits per heavy atom.